The molecule has 0 radical (unpaired) electrons. The highest BCUT2D eigenvalue weighted by atomic mass is 32.1. The van der Waals surface area contributed by atoms with Gasteiger partial charge in [0.2, 0.25) is 0 Å². The molecule has 2 nitrogen and oxygen atoms in total. The van der Waals surface area contributed by atoms with Gasteiger partial charge in [-0.05, 0) is 18.0 Å². The Balaban J connectivity index is 1.98. The molecule has 4 heteroatoms. The van der Waals surface area contributed by atoms with Crippen LogP contribution >= 0.6 is 22.7 Å². The highest BCUT2D eigenvalue weighted by molar-refractivity contribution is 7.14. The predicted octanol–water partition coefficient (Wildman–Crippen LogP) is 3.02. The lowest BCUT2D eigenvalue weighted by Crippen LogP contribution is -2.16. The van der Waals surface area contributed by atoms with E-state index < -0.39 is 0 Å². The van der Waals surface area contributed by atoms with E-state index in [0.717, 1.165) is 24.5 Å². The van der Waals surface area contributed by atoms with Gasteiger partial charge >= 0.3 is 0 Å². The van der Waals surface area contributed by atoms with E-state index in [1.54, 1.807) is 22.7 Å². The van der Waals surface area contributed by atoms with Gasteiger partial charge in [0.25, 0.3) is 0 Å². The van der Waals surface area contributed by atoms with E-state index in [-0.39, 0.29) is 0 Å². The van der Waals surface area contributed by atoms with Crippen LogP contribution < -0.4 is 5.32 Å². The summed E-state index contributed by atoms with van der Waals surface area (Å²) in [6.07, 6.45) is 1.02. The lowest BCUT2D eigenvalue weighted by molar-refractivity contribution is 0.710. The summed E-state index contributed by atoms with van der Waals surface area (Å²) < 4.78 is 0. The van der Waals surface area contributed by atoms with Gasteiger partial charge in [-0.15, -0.1) is 11.3 Å². The van der Waals surface area contributed by atoms with Gasteiger partial charge in [0, 0.05) is 29.3 Å². The lowest BCUT2D eigenvalue weighted by Gasteiger charge is -1.97. The van der Waals surface area contributed by atoms with Gasteiger partial charge in [0.05, 0.1) is 5.69 Å². The fourth-order valence-corrected chi connectivity index (χ4v) is 2.90. The molecule has 0 spiro atoms. The molecule has 0 amide bonds. The molecular formula is C11H14N2S2. The van der Waals surface area contributed by atoms with Crippen molar-refractivity contribution < 1.29 is 0 Å². The second-order valence-corrected chi connectivity index (χ2v) is 4.90. The zero-order chi connectivity index (χ0) is 10.5. The molecule has 2 heterocycles. The molecule has 2 aromatic rings. The Bertz CT molecular complexity index is 392. The molecule has 80 valence electrons. The molecule has 0 aliphatic rings. The monoisotopic (exact) mass is 238 g/mol. The third-order valence-electron chi connectivity index (χ3n) is 2.13. The van der Waals surface area contributed by atoms with Crippen LogP contribution in [0.25, 0.3) is 10.6 Å². The number of thiazole rings is 1. The van der Waals surface area contributed by atoms with Crippen LogP contribution in [0.5, 0.6) is 0 Å². The average Bonchev–Trinajstić information content (AvgIpc) is 2.87. The van der Waals surface area contributed by atoms with Crippen molar-refractivity contribution in [2.75, 3.05) is 13.1 Å². The Labute approximate surface area is 98.0 Å². The average molecular weight is 238 g/mol. The molecule has 0 saturated heterocycles. The lowest BCUT2D eigenvalue weighted by atomic mass is 10.3. The molecule has 1 N–H and O–H groups in total. The maximum absolute atomic E-state index is 4.61. The minimum Gasteiger partial charge on any atom is -0.317 e. The summed E-state index contributed by atoms with van der Waals surface area (Å²) in [5.41, 5.74) is 2.45. The molecule has 0 saturated carbocycles. The van der Waals surface area contributed by atoms with Gasteiger partial charge in [0.1, 0.15) is 5.01 Å². The number of aromatic nitrogens is 1. The Kier molecular flexibility index (Phi) is 3.88. The van der Waals surface area contributed by atoms with Crippen LogP contribution in [0.2, 0.25) is 0 Å². The van der Waals surface area contributed by atoms with Gasteiger partial charge in [0.15, 0.2) is 0 Å². The first-order valence-corrected chi connectivity index (χ1v) is 6.90. The van der Waals surface area contributed by atoms with Crippen molar-refractivity contribution in [2.24, 2.45) is 0 Å². The van der Waals surface area contributed by atoms with Crippen LogP contribution in [0.15, 0.2) is 22.2 Å². The number of thiophene rings is 1. The molecule has 0 aromatic carbocycles. The Hall–Kier alpha value is -0.710. The van der Waals surface area contributed by atoms with Crippen LogP contribution in [-0.4, -0.2) is 18.1 Å². The highest BCUT2D eigenvalue weighted by Gasteiger charge is 2.04. The van der Waals surface area contributed by atoms with Gasteiger partial charge in [-0.3, -0.25) is 0 Å². The first-order valence-electron chi connectivity index (χ1n) is 5.08. The van der Waals surface area contributed by atoms with Crippen LogP contribution in [0.1, 0.15) is 12.6 Å². The topological polar surface area (TPSA) is 24.9 Å². The molecule has 0 atom stereocenters. The van der Waals surface area contributed by atoms with E-state index in [0.29, 0.717) is 0 Å². The normalized spacial score (nSPS) is 10.7. The van der Waals surface area contributed by atoms with E-state index in [1.165, 1.54) is 11.3 Å². The summed E-state index contributed by atoms with van der Waals surface area (Å²) in [5.74, 6) is 0. The Morgan fingerprint density at radius 1 is 1.40 bits per heavy atom. The Morgan fingerprint density at radius 2 is 2.33 bits per heavy atom. The quantitative estimate of drug-likeness (QED) is 0.810. The van der Waals surface area contributed by atoms with Crippen molar-refractivity contribution in [3.05, 3.63) is 27.9 Å². The van der Waals surface area contributed by atoms with Crippen molar-refractivity contribution in [1.29, 1.82) is 0 Å². The van der Waals surface area contributed by atoms with E-state index in [4.69, 9.17) is 0 Å². The number of rotatable bonds is 5. The zero-order valence-electron chi connectivity index (χ0n) is 8.69. The Morgan fingerprint density at radius 3 is 3.07 bits per heavy atom. The molecule has 2 aromatic heterocycles. The predicted molar refractivity (Wildman–Crippen MR) is 67.7 cm³/mol. The van der Waals surface area contributed by atoms with Crippen LogP contribution in [0.3, 0.4) is 0 Å². The minimum atomic E-state index is 1.02. The van der Waals surface area contributed by atoms with Crippen molar-refractivity contribution >= 4 is 22.7 Å². The third-order valence-corrected chi connectivity index (χ3v) is 3.75. The molecular weight excluding hydrogens is 224 g/mol. The van der Waals surface area contributed by atoms with Gasteiger partial charge in [-0.1, -0.05) is 6.92 Å². The highest BCUT2D eigenvalue weighted by Crippen LogP contribution is 2.25. The number of likely N-dealkylation sites (N-methyl/N-ethyl adjacent to an activating group) is 1. The van der Waals surface area contributed by atoms with E-state index >= 15 is 0 Å². The van der Waals surface area contributed by atoms with Gasteiger partial charge in [-0.2, -0.15) is 11.3 Å². The van der Waals surface area contributed by atoms with Crippen LogP contribution in [0, 0.1) is 0 Å². The van der Waals surface area contributed by atoms with Crippen molar-refractivity contribution in [1.82, 2.24) is 10.3 Å². The van der Waals surface area contributed by atoms with E-state index in [1.807, 2.05) is 0 Å². The SMILES string of the molecule is CCNCCc1csc(-c2ccsc2)n1. The number of hydrogen-bond acceptors (Lipinski definition) is 4. The van der Waals surface area contributed by atoms with Crippen LogP contribution in [-0.2, 0) is 6.42 Å². The van der Waals surface area contributed by atoms with Gasteiger partial charge < -0.3 is 5.32 Å². The minimum absolute atomic E-state index is 1.02. The van der Waals surface area contributed by atoms with Crippen molar-refractivity contribution in [3.8, 4) is 10.6 Å². The van der Waals surface area contributed by atoms with E-state index in [2.05, 4.69) is 39.4 Å². The molecule has 0 unspecified atom stereocenters. The third kappa shape index (κ3) is 2.87. The van der Waals surface area contributed by atoms with Crippen molar-refractivity contribution in [2.45, 2.75) is 13.3 Å². The summed E-state index contributed by atoms with van der Waals surface area (Å²) in [6, 6.07) is 2.12. The maximum atomic E-state index is 4.61. The molecule has 2 rings (SSSR count). The standard InChI is InChI=1S/C11H14N2S2/c1-2-12-5-3-10-8-15-11(13-10)9-4-6-14-7-9/h4,6-8,12H,2-3,5H2,1H3. The maximum Gasteiger partial charge on any atom is 0.124 e. The fraction of sp³-hybridized carbons (Fsp3) is 0.364. The van der Waals surface area contributed by atoms with Crippen molar-refractivity contribution in [3.63, 3.8) is 0 Å². The summed E-state index contributed by atoms with van der Waals surface area (Å²) in [6.45, 7) is 4.17. The summed E-state index contributed by atoms with van der Waals surface area (Å²) in [4.78, 5) is 4.61. The smallest absolute Gasteiger partial charge is 0.124 e. The van der Waals surface area contributed by atoms with Crippen LogP contribution in [0.4, 0.5) is 0 Å². The number of nitrogens with zero attached hydrogens (tertiary/aromatic N) is 1. The molecule has 15 heavy (non-hydrogen) atoms. The summed E-state index contributed by atoms with van der Waals surface area (Å²) in [7, 11) is 0. The fourth-order valence-electron chi connectivity index (χ4n) is 1.33. The van der Waals surface area contributed by atoms with Gasteiger partial charge in [-0.25, -0.2) is 4.98 Å². The summed E-state index contributed by atoms with van der Waals surface area (Å²) >= 11 is 3.45. The number of hydrogen-bond donors (Lipinski definition) is 1. The molecule has 0 bridgehead atoms. The summed E-state index contributed by atoms with van der Waals surface area (Å²) in [5, 5.41) is 10.8. The molecule has 0 aliphatic carbocycles. The first-order chi connectivity index (χ1) is 7.40. The van der Waals surface area contributed by atoms with E-state index in [9.17, 15) is 0 Å². The largest absolute Gasteiger partial charge is 0.317 e. The zero-order valence-corrected chi connectivity index (χ0v) is 10.3. The number of nitrogens with one attached hydrogen (secondary N) is 1. The molecule has 0 fully saturated rings. The second kappa shape index (κ2) is 5.39. The molecule has 0 aliphatic heterocycles. The second-order valence-electron chi connectivity index (χ2n) is 3.26. The first kappa shape index (κ1) is 10.8.